The highest BCUT2D eigenvalue weighted by Gasteiger charge is 2.65. The molecule has 0 bridgehead atoms. The number of carbonyl (C=O) groups excluding carboxylic acids is 2. The van der Waals surface area contributed by atoms with Crippen LogP contribution in [-0.2, 0) is 14.3 Å². The van der Waals surface area contributed by atoms with Crippen LogP contribution in [0, 0.1) is 17.3 Å². The third-order valence-corrected chi connectivity index (χ3v) is 4.26. The molecule has 6 nitrogen and oxygen atoms in total. The summed E-state index contributed by atoms with van der Waals surface area (Å²) >= 11 is 5.84. The Morgan fingerprint density at radius 3 is 2.41 bits per heavy atom. The highest BCUT2D eigenvalue weighted by atomic mass is 35.5. The van der Waals surface area contributed by atoms with Crippen molar-refractivity contribution in [1.29, 1.82) is 0 Å². The molecule has 0 aromatic heterocycles. The number of carboxylic acid groups (broad SMARTS) is 1. The van der Waals surface area contributed by atoms with Crippen LogP contribution in [0.5, 0.6) is 0 Å². The minimum Gasteiger partial charge on any atom is -0.481 e. The second-order valence-corrected chi connectivity index (χ2v) is 6.22. The smallest absolute Gasteiger partial charge is 0.340 e. The van der Waals surface area contributed by atoms with Gasteiger partial charge < -0.3 is 15.2 Å². The molecule has 1 aromatic rings. The summed E-state index contributed by atoms with van der Waals surface area (Å²) in [6.07, 6.45) is 0. The van der Waals surface area contributed by atoms with E-state index in [9.17, 15) is 14.4 Å². The standard InChI is InChI=1S/C15H16ClNO5/c1-15(2)10(11(15)13(19)20)12(18)17-9-5-4-7(16)6-8(9)14(21)22-3/h4-6,10-11H,1-3H3,(H,17,18)(H,19,20)/t10-,11+/m0/s1. The van der Waals surface area contributed by atoms with Crippen molar-refractivity contribution in [3.63, 3.8) is 0 Å². The van der Waals surface area contributed by atoms with E-state index in [4.69, 9.17) is 16.7 Å². The zero-order chi connectivity index (χ0) is 16.7. The first kappa shape index (κ1) is 16.3. The van der Waals surface area contributed by atoms with Crippen molar-refractivity contribution < 1.29 is 24.2 Å². The summed E-state index contributed by atoms with van der Waals surface area (Å²) in [6, 6.07) is 4.39. The monoisotopic (exact) mass is 325 g/mol. The first-order valence-electron chi connectivity index (χ1n) is 6.61. The van der Waals surface area contributed by atoms with E-state index in [-0.39, 0.29) is 11.3 Å². The molecule has 1 aliphatic rings. The maximum absolute atomic E-state index is 12.3. The zero-order valence-corrected chi connectivity index (χ0v) is 13.1. The van der Waals surface area contributed by atoms with Gasteiger partial charge in [0.1, 0.15) is 0 Å². The van der Waals surface area contributed by atoms with Crippen LogP contribution in [0.25, 0.3) is 0 Å². The molecule has 118 valence electrons. The van der Waals surface area contributed by atoms with Gasteiger partial charge in [-0.15, -0.1) is 0 Å². The number of esters is 1. The molecule has 0 saturated heterocycles. The van der Waals surface area contributed by atoms with E-state index in [2.05, 4.69) is 10.1 Å². The molecule has 0 aliphatic heterocycles. The van der Waals surface area contributed by atoms with Crippen LogP contribution in [0.15, 0.2) is 18.2 Å². The van der Waals surface area contributed by atoms with E-state index in [1.54, 1.807) is 13.8 Å². The van der Waals surface area contributed by atoms with Crippen LogP contribution in [0.2, 0.25) is 5.02 Å². The SMILES string of the molecule is COC(=O)c1cc(Cl)ccc1NC(=O)[C@@H]1[C@H](C(=O)O)C1(C)C. The Labute approximate surface area is 132 Å². The lowest BCUT2D eigenvalue weighted by Gasteiger charge is -2.10. The molecule has 1 aliphatic carbocycles. The number of hydrogen-bond donors (Lipinski definition) is 2. The minimum atomic E-state index is -1.01. The average Bonchev–Trinajstić information content (AvgIpc) is 3.03. The summed E-state index contributed by atoms with van der Waals surface area (Å²) in [4.78, 5) is 35.2. The molecule has 0 spiro atoms. The summed E-state index contributed by atoms with van der Waals surface area (Å²) in [6.45, 7) is 3.44. The van der Waals surface area contributed by atoms with Crippen LogP contribution in [0.1, 0.15) is 24.2 Å². The van der Waals surface area contributed by atoms with E-state index in [1.165, 1.54) is 25.3 Å². The number of nitrogens with one attached hydrogen (secondary N) is 1. The molecule has 2 atom stereocenters. The van der Waals surface area contributed by atoms with Gasteiger partial charge in [-0.3, -0.25) is 9.59 Å². The fourth-order valence-electron chi connectivity index (χ4n) is 2.70. The molecule has 22 heavy (non-hydrogen) atoms. The van der Waals surface area contributed by atoms with Crippen LogP contribution < -0.4 is 5.32 Å². The lowest BCUT2D eigenvalue weighted by atomic mass is 10.1. The highest BCUT2D eigenvalue weighted by molar-refractivity contribution is 6.31. The van der Waals surface area contributed by atoms with Gasteiger partial charge >= 0.3 is 11.9 Å². The molecule has 0 unspecified atom stereocenters. The van der Waals surface area contributed by atoms with Gasteiger partial charge in [0, 0.05) is 5.02 Å². The Kier molecular flexibility index (Phi) is 4.15. The van der Waals surface area contributed by atoms with Gasteiger partial charge in [-0.2, -0.15) is 0 Å². The Bertz CT molecular complexity index is 655. The number of rotatable bonds is 4. The summed E-state index contributed by atoms with van der Waals surface area (Å²) in [5.74, 6) is -3.46. The van der Waals surface area contributed by atoms with Gasteiger partial charge in [0.25, 0.3) is 0 Å². The lowest BCUT2D eigenvalue weighted by Crippen LogP contribution is -2.19. The number of benzene rings is 1. The third kappa shape index (κ3) is 2.78. The predicted octanol–water partition coefficient (Wildman–Crippen LogP) is 2.42. The largest absolute Gasteiger partial charge is 0.481 e. The normalized spacial score (nSPS) is 21.8. The number of ether oxygens (including phenoxy) is 1. The number of amides is 1. The van der Waals surface area contributed by atoms with Gasteiger partial charge in [-0.05, 0) is 23.6 Å². The summed E-state index contributed by atoms with van der Waals surface area (Å²) < 4.78 is 4.65. The molecule has 0 radical (unpaired) electrons. The Morgan fingerprint density at radius 2 is 1.91 bits per heavy atom. The fraction of sp³-hybridized carbons (Fsp3) is 0.400. The van der Waals surface area contributed by atoms with E-state index < -0.39 is 35.1 Å². The van der Waals surface area contributed by atoms with Crippen LogP contribution >= 0.6 is 11.6 Å². The zero-order valence-electron chi connectivity index (χ0n) is 12.3. The molecule has 1 aromatic carbocycles. The first-order chi connectivity index (χ1) is 10.2. The van der Waals surface area contributed by atoms with Crippen molar-refractivity contribution in [3.8, 4) is 0 Å². The van der Waals surface area contributed by atoms with E-state index >= 15 is 0 Å². The summed E-state index contributed by atoms with van der Waals surface area (Å²) in [5.41, 5.74) is -0.255. The number of anilines is 1. The molecule has 7 heteroatoms. The maximum atomic E-state index is 12.3. The highest BCUT2D eigenvalue weighted by Crippen LogP contribution is 2.58. The predicted molar refractivity (Wildman–Crippen MR) is 79.8 cm³/mol. The van der Waals surface area contributed by atoms with E-state index in [1.807, 2.05) is 0 Å². The average molecular weight is 326 g/mol. The fourth-order valence-corrected chi connectivity index (χ4v) is 2.87. The molecule has 2 rings (SSSR count). The van der Waals surface area contributed by atoms with Crippen LogP contribution in [0.4, 0.5) is 5.69 Å². The Hall–Kier alpha value is -2.08. The third-order valence-electron chi connectivity index (χ3n) is 4.02. The minimum absolute atomic E-state index is 0.119. The molecular weight excluding hydrogens is 310 g/mol. The number of hydrogen-bond acceptors (Lipinski definition) is 4. The second-order valence-electron chi connectivity index (χ2n) is 5.79. The van der Waals surface area contributed by atoms with Crippen molar-refractivity contribution >= 4 is 35.1 Å². The second kappa shape index (κ2) is 5.61. The number of aliphatic carboxylic acids is 1. The maximum Gasteiger partial charge on any atom is 0.340 e. The Balaban J connectivity index is 2.23. The van der Waals surface area contributed by atoms with Crippen LogP contribution in [-0.4, -0.2) is 30.1 Å². The first-order valence-corrected chi connectivity index (χ1v) is 6.99. The summed E-state index contributed by atoms with van der Waals surface area (Å²) in [7, 11) is 1.22. The van der Waals surface area contributed by atoms with E-state index in [0.29, 0.717) is 5.02 Å². The molecule has 1 saturated carbocycles. The number of carboxylic acids is 1. The van der Waals surface area contributed by atoms with Gasteiger partial charge in [0.2, 0.25) is 5.91 Å². The molecule has 1 amide bonds. The lowest BCUT2D eigenvalue weighted by molar-refractivity contribution is -0.140. The Morgan fingerprint density at radius 1 is 1.27 bits per heavy atom. The number of halogens is 1. The molecule has 1 fully saturated rings. The van der Waals surface area contributed by atoms with E-state index in [0.717, 1.165) is 0 Å². The van der Waals surface area contributed by atoms with Gasteiger partial charge in [-0.1, -0.05) is 25.4 Å². The van der Waals surface area contributed by atoms with Gasteiger partial charge in [0.15, 0.2) is 0 Å². The van der Waals surface area contributed by atoms with Crippen molar-refractivity contribution in [3.05, 3.63) is 28.8 Å². The molecule has 2 N–H and O–H groups in total. The topological polar surface area (TPSA) is 92.7 Å². The number of carbonyl (C=O) groups is 3. The quantitative estimate of drug-likeness (QED) is 0.829. The van der Waals surface area contributed by atoms with Crippen molar-refractivity contribution in [1.82, 2.24) is 0 Å². The van der Waals surface area contributed by atoms with Crippen molar-refractivity contribution in [2.75, 3.05) is 12.4 Å². The molecular formula is C15H16ClNO5. The summed E-state index contributed by atoms with van der Waals surface area (Å²) in [5, 5.41) is 12.0. The molecule has 0 heterocycles. The van der Waals surface area contributed by atoms with Gasteiger partial charge in [-0.25, -0.2) is 4.79 Å². The number of methoxy groups -OCH3 is 1. The van der Waals surface area contributed by atoms with Crippen LogP contribution in [0.3, 0.4) is 0 Å². The van der Waals surface area contributed by atoms with Crippen molar-refractivity contribution in [2.24, 2.45) is 17.3 Å². The van der Waals surface area contributed by atoms with Gasteiger partial charge in [0.05, 0.1) is 30.2 Å². The van der Waals surface area contributed by atoms with Crippen molar-refractivity contribution in [2.45, 2.75) is 13.8 Å².